The Morgan fingerprint density at radius 3 is 3.00 bits per heavy atom. The summed E-state index contributed by atoms with van der Waals surface area (Å²) in [5.74, 6) is 0.744. The molecule has 2 rings (SSSR count). The Hall–Kier alpha value is -1.62. The van der Waals surface area contributed by atoms with E-state index in [9.17, 15) is 10.1 Å². The third-order valence-electron chi connectivity index (χ3n) is 3.91. The number of likely N-dealkylation sites (tertiary alicyclic amines) is 1. The molecule has 1 unspecified atom stereocenters. The number of hydrogen-bond acceptors (Lipinski definition) is 4. The van der Waals surface area contributed by atoms with Crippen LogP contribution >= 0.6 is 0 Å². The molecule has 1 aromatic carbocycles. The summed E-state index contributed by atoms with van der Waals surface area (Å²) >= 11 is 0. The van der Waals surface area contributed by atoms with Crippen LogP contribution in [0.15, 0.2) is 18.2 Å². The zero-order valence-corrected chi connectivity index (χ0v) is 11.3. The highest BCUT2D eigenvalue weighted by atomic mass is 16.6. The molecule has 1 heterocycles. The van der Waals surface area contributed by atoms with Crippen LogP contribution in [-0.4, -0.2) is 22.9 Å². The maximum atomic E-state index is 10.8. The zero-order valence-electron chi connectivity index (χ0n) is 11.3. The van der Waals surface area contributed by atoms with Crippen LogP contribution in [0.5, 0.6) is 0 Å². The molecule has 5 nitrogen and oxygen atoms in total. The van der Waals surface area contributed by atoms with Crippen LogP contribution in [0.3, 0.4) is 0 Å². The van der Waals surface area contributed by atoms with Crippen molar-refractivity contribution in [2.24, 2.45) is 5.92 Å². The van der Waals surface area contributed by atoms with E-state index in [2.05, 4.69) is 11.8 Å². The van der Waals surface area contributed by atoms with Gasteiger partial charge >= 0.3 is 0 Å². The second-order valence-electron chi connectivity index (χ2n) is 5.29. The maximum Gasteiger partial charge on any atom is 0.269 e. The van der Waals surface area contributed by atoms with Gasteiger partial charge in [0.25, 0.3) is 5.69 Å². The number of nitrogens with zero attached hydrogens (tertiary/aromatic N) is 2. The van der Waals surface area contributed by atoms with Crippen molar-refractivity contribution in [3.05, 3.63) is 33.9 Å². The van der Waals surface area contributed by atoms with Crippen LogP contribution in [0, 0.1) is 16.0 Å². The molecule has 1 atom stereocenters. The van der Waals surface area contributed by atoms with Gasteiger partial charge in [0.15, 0.2) is 0 Å². The van der Waals surface area contributed by atoms with Gasteiger partial charge in [0, 0.05) is 30.9 Å². The number of hydrogen-bond donors (Lipinski definition) is 1. The van der Waals surface area contributed by atoms with Crippen LogP contribution in [-0.2, 0) is 6.54 Å². The Bertz CT molecular complexity index is 462. The van der Waals surface area contributed by atoms with E-state index in [0.29, 0.717) is 12.2 Å². The Balaban J connectivity index is 2.09. The van der Waals surface area contributed by atoms with E-state index in [1.54, 1.807) is 12.1 Å². The molecule has 0 radical (unpaired) electrons. The van der Waals surface area contributed by atoms with Gasteiger partial charge in [-0.15, -0.1) is 0 Å². The van der Waals surface area contributed by atoms with Crippen molar-refractivity contribution in [2.45, 2.75) is 32.7 Å². The molecule has 0 spiro atoms. The normalized spacial score (nSPS) is 20.4. The van der Waals surface area contributed by atoms with Gasteiger partial charge in [0.1, 0.15) is 0 Å². The van der Waals surface area contributed by atoms with Crippen LogP contribution in [0.1, 0.15) is 31.7 Å². The van der Waals surface area contributed by atoms with E-state index < -0.39 is 0 Å². The predicted molar refractivity (Wildman–Crippen MR) is 75.8 cm³/mol. The average molecular weight is 263 g/mol. The third-order valence-corrected chi connectivity index (χ3v) is 3.91. The van der Waals surface area contributed by atoms with E-state index in [1.165, 1.54) is 25.3 Å². The molecule has 2 N–H and O–H groups in total. The number of benzene rings is 1. The lowest BCUT2D eigenvalue weighted by Gasteiger charge is -2.32. The molecule has 0 aromatic heterocycles. The van der Waals surface area contributed by atoms with Crippen molar-refractivity contribution in [1.29, 1.82) is 0 Å². The molecule has 0 saturated carbocycles. The first kappa shape index (κ1) is 13.8. The number of nitro groups is 1. The van der Waals surface area contributed by atoms with Crippen molar-refractivity contribution in [3.8, 4) is 0 Å². The first-order chi connectivity index (χ1) is 9.10. The summed E-state index contributed by atoms with van der Waals surface area (Å²) in [5, 5.41) is 10.8. The minimum Gasteiger partial charge on any atom is -0.398 e. The first-order valence-corrected chi connectivity index (χ1v) is 6.85. The molecule has 1 saturated heterocycles. The Morgan fingerprint density at radius 1 is 1.53 bits per heavy atom. The predicted octanol–water partition coefficient (Wildman–Crippen LogP) is 2.80. The summed E-state index contributed by atoms with van der Waals surface area (Å²) in [7, 11) is 0. The summed E-state index contributed by atoms with van der Waals surface area (Å²) in [5.41, 5.74) is 7.55. The van der Waals surface area contributed by atoms with E-state index in [0.717, 1.165) is 24.6 Å². The summed E-state index contributed by atoms with van der Waals surface area (Å²) in [6.45, 7) is 5.05. The van der Waals surface area contributed by atoms with Gasteiger partial charge in [-0.05, 0) is 36.9 Å². The molecular weight excluding hydrogens is 242 g/mol. The molecule has 1 aliphatic heterocycles. The molecule has 1 fully saturated rings. The topological polar surface area (TPSA) is 72.4 Å². The summed E-state index contributed by atoms with van der Waals surface area (Å²) in [6.07, 6.45) is 3.69. The largest absolute Gasteiger partial charge is 0.398 e. The van der Waals surface area contributed by atoms with Gasteiger partial charge in [-0.2, -0.15) is 0 Å². The molecule has 19 heavy (non-hydrogen) atoms. The minimum atomic E-state index is -0.367. The molecule has 0 bridgehead atoms. The Labute approximate surface area is 113 Å². The van der Waals surface area contributed by atoms with Crippen LogP contribution in [0.4, 0.5) is 11.4 Å². The van der Waals surface area contributed by atoms with Gasteiger partial charge in [-0.1, -0.05) is 13.3 Å². The van der Waals surface area contributed by atoms with E-state index in [1.807, 2.05) is 0 Å². The second-order valence-corrected chi connectivity index (χ2v) is 5.29. The van der Waals surface area contributed by atoms with Gasteiger partial charge in [-0.25, -0.2) is 0 Å². The third kappa shape index (κ3) is 3.44. The number of nitro benzene ring substituents is 1. The summed E-state index contributed by atoms with van der Waals surface area (Å²) < 4.78 is 0. The molecule has 0 aliphatic carbocycles. The van der Waals surface area contributed by atoms with E-state index >= 15 is 0 Å². The summed E-state index contributed by atoms with van der Waals surface area (Å²) in [4.78, 5) is 12.8. The smallest absolute Gasteiger partial charge is 0.269 e. The number of non-ortho nitro benzene ring substituents is 1. The van der Waals surface area contributed by atoms with E-state index in [-0.39, 0.29) is 10.6 Å². The molecule has 1 aromatic rings. The van der Waals surface area contributed by atoms with Crippen LogP contribution in [0.25, 0.3) is 0 Å². The molecular formula is C14H21N3O2. The van der Waals surface area contributed by atoms with Gasteiger partial charge in [0.2, 0.25) is 0 Å². The van der Waals surface area contributed by atoms with Gasteiger partial charge in [0.05, 0.1) is 4.92 Å². The number of anilines is 1. The monoisotopic (exact) mass is 263 g/mol. The number of piperidine rings is 1. The highest BCUT2D eigenvalue weighted by Crippen LogP contribution is 2.25. The lowest BCUT2D eigenvalue weighted by Crippen LogP contribution is -2.34. The van der Waals surface area contributed by atoms with Crippen molar-refractivity contribution < 1.29 is 4.92 Å². The average Bonchev–Trinajstić information content (AvgIpc) is 2.41. The molecule has 104 valence electrons. The fourth-order valence-corrected chi connectivity index (χ4v) is 2.71. The van der Waals surface area contributed by atoms with Crippen molar-refractivity contribution >= 4 is 11.4 Å². The zero-order chi connectivity index (χ0) is 13.8. The maximum absolute atomic E-state index is 10.8. The van der Waals surface area contributed by atoms with Gasteiger partial charge < -0.3 is 5.73 Å². The standard InChI is InChI=1S/C14H21N3O2/c1-2-11-4-3-7-16(9-11)10-12-8-13(17(18)19)5-6-14(12)15/h5-6,8,11H,2-4,7,9-10,15H2,1H3. The highest BCUT2D eigenvalue weighted by molar-refractivity contribution is 5.52. The Kier molecular flexibility index (Phi) is 4.37. The number of nitrogen functional groups attached to an aromatic ring is 1. The fraction of sp³-hybridized carbons (Fsp3) is 0.571. The quantitative estimate of drug-likeness (QED) is 0.515. The number of nitrogens with two attached hydrogens (primary N) is 1. The SMILES string of the molecule is CCC1CCCN(Cc2cc([N+](=O)[O-])ccc2N)C1. The lowest BCUT2D eigenvalue weighted by atomic mass is 9.95. The molecule has 5 heteroatoms. The minimum absolute atomic E-state index is 0.119. The lowest BCUT2D eigenvalue weighted by molar-refractivity contribution is -0.384. The molecule has 0 amide bonds. The van der Waals surface area contributed by atoms with Crippen molar-refractivity contribution in [1.82, 2.24) is 4.90 Å². The molecule has 1 aliphatic rings. The number of rotatable bonds is 4. The van der Waals surface area contributed by atoms with Crippen LogP contribution in [0.2, 0.25) is 0 Å². The van der Waals surface area contributed by atoms with E-state index in [4.69, 9.17) is 5.73 Å². The second kappa shape index (κ2) is 6.02. The van der Waals surface area contributed by atoms with Gasteiger partial charge in [-0.3, -0.25) is 15.0 Å². The Morgan fingerprint density at radius 2 is 2.32 bits per heavy atom. The van der Waals surface area contributed by atoms with Crippen LogP contribution < -0.4 is 5.73 Å². The summed E-state index contributed by atoms with van der Waals surface area (Å²) in [6, 6.07) is 4.70. The fourth-order valence-electron chi connectivity index (χ4n) is 2.71. The highest BCUT2D eigenvalue weighted by Gasteiger charge is 2.20. The first-order valence-electron chi connectivity index (χ1n) is 6.85. The van der Waals surface area contributed by atoms with Crippen molar-refractivity contribution in [2.75, 3.05) is 18.8 Å². The van der Waals surface area contributed by atoms with Crippen molar-refractivity contribution in [3.63, 3.8) is 0 Å².